The van der Waals surface area contributed by atoms with E-state index in [9.17, 15) is 13.2 Å². The molecule has 1 aromatic rings. The number of hydrogen-bond donors (Lipinski definition) is 1. The predicted octanol–water partition coefficient (Wildman–Crippen LogP) is 2.32. The van der Waals surface area contributed by atoms with Gasteiger partial charge in [-0.25, -0.2) is 8.42 Å². The van der Waals surface area contributed by atoms with Crippen molar-refractivity contribution in [2.75, 3.05) is 32.7 Å². The summed E-state index contributed by atoms with van der Waals surface area (Å²) in [5, 5.41) is 3.32. The van der Waals surface area contributed by atoms with E-state index in [0.29, 0.717) is 25.2 Å². The lowest BCUT2D eigenvalue weighted by atomic mass is 10.0. The molecule has 0 saturated carbocycles. The zero-order valence-electron chi connectivity index (χ0n) is 16.1. The summed E-state index contributed by atoms with van der Waals surface area (Å²) in [6, 6.07) is 6.69. The van der Waals surface area contributed by atoms with Crippen molar-refractivity contribution in [1.29, 1.82) is 0 Å². The predicted molar refractivity (Wildman–Crippen MR) is 104 cm³/mol. The minimum Gasteiger partial charge on any atom is -0.336 e. The molecular weight excluding hydrogens is 350 g/mol. The van der Waals surface area contributed by atoms with Crippen molar-refractivity contribution in [3.05, 3.63) is 29.8 Å². The number of carbonyl (C=O) groups excluding carboxylic acids is 1. The highest BCUT2D eigenvalue weighted by molar-refractivity contribution is 7.89. The second kappa shape index (κ2) is 9.48. The SMILES string of the molecule is CCCN(C(=O)c1cccc(S(=O)(=O)N(CC)CC)c1)C1CCNCC1. The van der Waals surface area contributed by atoms with Gasteiger partial charge in [-0.2, -0.15) is 4.31 Å². The van der Waals surface area contributed by atoms with Crippen LogP contribution in [-0.4, -0.2) is 62.3 Å². The van der Waals surface area contributed by atoms with Crippen LogP contribution in [0.2, 0.25) is 0 Å². The lowest BCUT2D eigenvalue weighted by Crippen LogP contribution is -2.46. The summed E-state index contributed by atoms with van der Waals surface area (Å²) in [6.45, 7) is 9.02. The molecule has 0 aromatic heterocycles. The third-order valence-corrected chi connectivity index (χ3v) is 6.94. The van der Waals surface area contributed by atoms with Crippen molar-refractivity contribution < 1.29 is 13.2 Å². The fourth-order valence-electron chi connectivity index (χ4n) is 3.48. The van der Waals surface area contributed by atoms with E-state index in [1.54, 1.807) is 18.2 Å². The fraction of sp³-hybridized carbons (Fsp3) is 0.632. The maximum Gasteiger partial charge on any atom is 0.254 e. The minimum atomic E-state index is -3.57. The number of sulfonamides is 1. The van der Waals surface area contributed by atoms with Crippen LogP contribution in [0.3, 0.4) is 0 Å². The van der Waals surface area contributed by atoms with Gasteiger partial charge >= 0.3 is 0 Å². The summed E-state index contributed by atoms with van der Waals surface area (Å²) in [4.78, 5) is 15.2. The topological polar surface area (TPSA) is 69.7 Å². The summed E-state index contributed by atoms with van der Waals surface area (Å²) in [7, 11) is -3.57. The highest BCUT2D eigenvalue weighted by atomic mass is 32.2. The molecule has 146 valence electrons. The van der Waals surface area contributed by atoms with Crippen LogP contribution in [0.25, 0.3) is 0 Å². The Morgan fingerprint density at radius 1 is 1.15 bits per heavy atom. The van der Waals surface area contributed by atoms with Gasteiger partial charge in [0.25, 0.3) is 5.91 Å². The largest absolute Gasteiger partial charge is 0.336 e. The van der Waals surface area contributed by atoms with Gasteiger partial charge in [0, 0.05) is 31.2 Å². The molecule has 0 aliphatic carbocycles. The van der Waals surface area contributed by atoms with E-state index in [2.05, 4.69) is 12.2 Å². The van der Waals surface area contributed by atoms with Crippen LogP contribution >= 0.6 is 0 Å². The van der Waals surface area contributed by atoms with Crippen LogP contribution in [0.15, 0.2) is 29.2 Å². The van der Waals surface area contributed by atoms with Gasteiger partial charge in [0.05, 0.1) is 4.90 Å². The monoisotopic (exact) mass is 381 g/mol. The number of rotatable bonds is 8. The Morgan fingerprint density at radius 2 is 1.81 bits per heavy atom. The second-order valence-corrected chi connectivity index (χ2v) is 8.53. The maximum atomic E-state index is 13.1. The van der Waals surface area contributed by atoms with Crippen molar-refractivity contribution in [3.8, 4) is 0 Å². The normalized spacial score (nSPS) is 16.0. The summed E-state index contributed by atoms with van der Waals surface area (Å²) >= 11 is 0. The minimum absolute atomic E-state index is 0.0738. The van der Waals surface area contributed by atoms with Crippen LogP contribution in [-0.2, 0) is 10.0 Å². The molecule has 0 radical (unpaired) electrons. The number of benzene rings is 1. The van der Waals surface area contributed by atoms with Gasteiger partial charge in [0.15, 0.2) is 0 Å². The summed E-state index contributed by atoms with van der Waals surface area (Å²) < 4.78 is 26.9. The molecule has 0 bridgehead atoms. The van der Waals surface area contributed by atoms with Crippen molar-refractivity contribution in [3.63, 3.8) is 0 Å². The van der Waals surface area contributed by atoms with Gasteiger partial charge in [-0.1, -0.05) is 26.8 Å². The van der Waals surface area contributed by atoms with Crippen molar-refractivity contribution in [2.24, 2.45) is 0 Å². The standard InChI is InChI=1S/C19H31N3O3S/c1-4-14-22(17-10-12-20-13-11-17)19(23)16-8-7-9-18(15-16)26(24,25)21(5-2)6-3/h7-9,15,17,20H,4-6,10-14H2,1-3H3. The second-order valence-electron chi connectivity index (χ2n) is 6.60. The number of hydrogen-bond acceptors (Lipinski definition) is 4. The van der Waals surface area contributed by atoms with E-state index >= 15 is 0 Å². The van der Waals surface area contributed by atoms with Crippen LogP contribution in [0.4, 0.5) is 0 Å². The first-order valence-corrected chi connectivity index (χ1v) is 11.0. The molecule has 1 saturated heterocycles. The first kappa shape index (κ1) is 20.9. The zero-order valence-corrected chi connectivity index (χ0v) is 16.9. The van der Waals surface area contributed by atoms with Gasteiger partial charge in [-0.3, -0.25) is 4.79 Å². The van der Waals surface area contributed by atoms with Crippen LogP contribution in [0.1, 0.15) is 50.4 Å². The molecule has 1 fully saturated rings. The molecule has 1 aliphatic rings. The Balaban J connectivity index is 2.30. The van der Waals surface area contributed by atoms with E-state index in [-0.39, 0.29) is 16.8 Å². The third kappa shape index (κ3) is 4.64. The highest BCUT2D eigenvalue weighted by Gasteiger charge is 2.27. The lowest BCUT2D eigenvalue weighted by molar-refractivity contribution is 0.0642. The van der Waals surface area contributed by atoms with Crippen molar-refractivity contribution in [2.45, 2.75) is 51.0 Å². The quantitative estimate of drug-likeness (QED) is 0.750. The molecule has 26 heavy (non-hydrogen) atoms. The van der Waals surface area contributed by atoms with Gasteiger partial charge in [0.1, 0.15) is 0 Å². The Kier molecular flexibility index (Phi) is 7.61. The van der Waals surface area contributed by atoms with E-state index in [4.69, 9.17) is 0 Å². The molecule has 1 N–H and O–H groups in total. The van der Waals surface area contributed by atoms with Gasteiger partial charge < -0.3 is 10.2 Å². The Morgan fingerprint density at radius 3 is 2.38 bits per heavy atom. The molecule has 1 aliphatic heterocycles. The molecule has 1 aromatic carbocycles. The summed E-state index contributed by atoms with van der Waals surface area (Å²) in [6.07, 6.45) is 2.75. The molecule has 1 amide bonds. The number of nitrogens with zero attached hydrogens (tertiary/aromatic N) is 2. The Labute approximate surface area is 157 Å². The molecule has 0 atom stereocenters. The Bertz CT molecular complexity index is 696. The van der Waals surface area contributed by atoms with E-state index < -0.39 is 10.0 Å². The van der Waals surface area contributed by atoms with Gasteiger partial charge in [-0.15, -0.1) is 0 Å². The Hall–Kier alpha value is -1.44. The van der Waals surface area contributed by atoms with E-state index in [1.165, 1.54) is 10.4 Å². The molecule has 1 heterocycles. The van der Waals surface area contributed by atoms with Crippen LogP contribution in [0.5, 0.6) is 0 Å². The summed E-state index contributed by atoms with van der Waals surface area (Å²) in [5.74, 6) is -0.0738. The average Bonchev–Trinajstić information content (AvgIpc) is 2.67. The molecular formula is C19H31N3O3S. The van der Waals surface area contributed by atoms with Crippen LogP contribution < -0.4 is 5.32 Å². The summed E-state index contributed by atoms with van der Waals surface area (Å²) in [5.41, 5.74) is 0.449. The highest BCUT2D eigenvalue weighted by Crippen LogP contribution is 2.20. The number of carbonyl (C=O) groups is 1. The van der Waals surface area contributed by atoms with Gasteiger partial charge in [-0.05, 0) is 50.6 Å². The average molecular weight is 382 g/mol. The third-order valence-electron chi connectivity index (χ3n) is 4.90. The molecule has 7 heteroatoms. The first-order valence-electron chi connectivity index (χ1n) is 9.57. The van der Waals surface area contributed by atoms with E-state index in [0.717, 1.165) is 32.4 Å². The number of nitrogens with one attached hydrogen (secondary N) is 1. The fourth-order valence-corrected chi connectivity index (χ4v) is 4.98. The maximum absolute atomic E-state index is 13.1. The van der Waals surface area contributed by atoms with Crippen LogP contribution in [0, 0.1) is 0 Å². The van der Waals surface area contributed by atoms with Crippen molar-refractivity contribution in [1.82, 2.24) is 14.5 Å². The first-order chi connectivity index (χ1) is 12.5. The smallest absolute Gasteiger partial charge is 0.254 e. The lowest BCUT2D eigenvalue weighted by Gasteiger charge is -2.34. The zero-order chi connectivity index (χ0) is 19.2. The number of piperidine rings is 1. The van der Waals surface area contributed by atoms with Gasteiger partial charge in [0.2, 0.25) is 10.0 Å². The van der Waals surface area contributed by atoms with Crippen molar-refractivity contribution >= 4 is 15.9 Å². The molecule has 2 rings (SSSR count). The number of amides is 1. The van der Waals surface area contributed by atoms with E-state index in [1.807, 2.05) is 18.7 Å². The molecule has 0 spiro atoms. The molecule has 0 unspecified atom stereocenters. The molecule has 6 nitrogen and oxygen atoms in total.